The number of hydrogen-bond acceptors (Lipinski definition) is 4. The number of carbonyl (C=O) groups is 1. The highest BCUT2D eigenvalue weighted by Crippen LogP contribution is 2.27. The Kier molecular flexibility index (Phi) is 3.71. The van der Waals surface area contributed by atoms with E-state index in [-0.39, 0.29) is 13.0 Å². The van der Waals surface area contributed by atoms with Crippen molar-refractivity contribution in [2.75, 3.05) is 0 Å². The monoisotopic (exact) mass is 310 g/mol. The van der Waals surface area contributed by atoms with Crippen LogP contribution in [0.15, 0.2) is 22.7 Å². The van der Waals surface area contributed by atoms with Crippen LogP contribution in [0, 0.1) is 6.92 Å². The SMILES string of the molecule is Cc1ccc(-c2nnnn2CCC(=O)O)c(Br)c1. The standard InChI is InChI=1S/C11H11BrN4O2/c1-7-2-3-8(9(12)6-7)11-13-14-15-16(11)5-4-10(17)18/h2-3,6H,4-5H2,1H3,(H,17,18). The van der Waals surface area contributed by atoms with Crippen molar-refractivity contribution in [1.82, 2.24) is 20.2 Å². The van der Waals surface area contributed by atoms with Gasteiger partial charge in [-0.25, -0.2) is 4.68 Å². The topological polar surface area (TPSA) is 80.9 Å². The third kappa shape index (κ3) is 2.73. The van der Waals surface area contributed by atoms with Gasteiger partial charge in [-0.05, 0) is 35.0 Å². The van der Waals surface area contributed by atoms with Gasteiger partial charge in [-0.15, -0.1) is 5.10 Å². The zero-order valence-electron chi connectivity index (χ0n) is 9.67. The summed E-state index contributed by atoms with van der Waals surface area (Å²) in [5.74, 6) is -0.317. The highest BCUT2D eigenvalue weighted by Gasteiger charge is 2.12. The first-order chi connectivity index (χ1) is 8.58. The molecule has 0 saturated heterocycles. The Balaban J connectivity index is 2.33. The number of tetrazole rings is 1. The molecule has 0 atom stereocenters. The van der Waals surface area contributed by atoms with Crippen molar-refractivity contribution in [2.45, 2.75) is 19.9 Å². The maximum absolute atomic E-state index is 10.6. The van der Waals surface area contributed by atoms with Gasteiger partial charge in [0, 0.05) is 10.0 Å². The number of carboxylic acids is 1. The average molecular weight is 311 g/mol. The molecule has 0 radical (unpaired) electrons. The lowest BCUT2D eigenvalue weighted by Crippen LogP contribution is -2.08. The summed E-state index contributed by atoms with van der Waals surface area (Å²) in [6.45, 7) is 2.24. The fourth-order valence-corrected chi connectivity index (χ4v) is 2.22. The summed E-state index contributed by atoms with van der Waals surface area (Å²) >= 11 is 3.46. The molecule has 0 bridgehead atoms. The van der Waals surface area contributed by atoms with E-state index in [0.29, 0.717) is 5.82 Å². The molecule has 18 heavy (non-hydrogen) atoms. The van der Waals surface area contributed by atoms with Crippen molar-refractivity contribution in [1.29, 1.82) is 0 Å². The minimum Gasteiger partial charge on any atom is -0.481 e. The molecule has 0 aliphatic carbocycles. The maximum atomic E-state index is 10.6. The zero-order valence-corrected chi connectivity index (χ0v) is 11.3. The summed E-state index contributed by atoms with van der Waals surface area (Å²) in [7, 11) is 0. The van der Waals surface area contributed by atoms with Crippen molar-refractivity contribution >= 4 is 21.9 Å². The van der Waals surface area contributed by atoms with E-state index in [2.05, 4.69) is 31.5 Å². The second-order valence-corrected chi connectivity index (χ2v) is 4.71. The molecule has 1 aromatic heterocycles. The van der Waals surface area contributed by atoms with Crippen LogP contribution in [0.1, 0.15) is 12.0 Å². The molecular weight excluding hydrogens is 300 g/mol. The van der Waals surface area contributed by atoms with Gasteiger partial charge in [0.1, 0.15) is 0 Å². The summed E-state index contributed by atoms with van der Waals surface area (Å²) < 4.78 is 2.37. The lowest BCUT2D eigenvalue weighted by Gasteiger charge is -2.05. The summed E-state index contributed by atoms with van der Waals surface area (Å²) in [6.07, 6.45) is -0.0124. The van der Waals surface area contributed by atoms with Crippen molar-refractivity contribution in [2.24, 2.45) is 0 Å². The van der Waals surface area contributed by atoms with Gasteiger partial charge >= 0.3 is 5.97 Å². The van der Waals surface area contributed by atoms with Crippen LogP contribution in [0.25, 0.3) is 11.4 Å². The molecule has 1 heterocycles. The lowest BCUT2D eigenvalue weighted by molar-refractivity contribution is -0.137. The predicted molar refractivity (Wildman–Crippen MR) is 67.9 cm³/mol. The molecule has 6 nitrogen and oxygen atoms in total. The minimum absolute atomic E-state index is 0.0124. The van der Waals surface area contributed by atoms with Crippen molar-refractivity contribution in [3.05, 3.63) is 28.2 Å². The molecule has 0 aliphatic heterocycles. The first kappa shape index (κ1) is 12.7. The normalized spacial score (nSPS) is 10.6. The smallest absolute Gasteiger partial charge is 0.305 e. The molecular formula is C11H11BrN4O2. The van der Waals surface area contributed by atoms with Crippen molar-refractivity contribution in [3.63, 3.8) is 0 Å². The second-order valence-electron chi connectivity index (χ2n) is 3.85. The van der Waals surface area contributed by atoms with E-state index in [4.69, 9.17) is 5.11 Å². The first-order valence-corrected chi connectivity index (χ1v) is 6.11. The fourth-order valence-electron chi connectivity index (χ4n) is 1.55. The minimum atomic E-state index is -0.876. The van der Waals surface area contributed by atoms with Gasteiger partial charge in [0.05, 0.1) is 13.0 Å². The summed E-state index contributed by atoms with van der Waals surface area (Å²) in [6, 6.07) is 5.82. The molecule has 0 unspecified atom stereocenters. The van der Waals surface area contributed by atoms with Gasteiger partial charge in [0.15, 0.2) is 5.82 Å². The molecule has 0 fully saturated rings. The van der Waals surface area contributed by atoms with E-state index in [1.807, 2.05) is 25.1 Å². The Morgan fingerprint density at radius 1 is 1.50 bits per heavy atom. The number of hydrogen-bond donors (Lipinski definition) is 1. The Labute approximate surface area is 112 Å². The van der Waals surface area contributed by atoms with Gasteiger partial charge in [-0.3, -0.25) is 4.79 Å². The van der Waals surface area contributed by atoms with E-state index >= 15 is 0 Å². The van der Waals surface area contributed by atoms with Gasteiger partial charge in [0.25, 0.3) is 0 Å². The molecule has 0 spiro atoms. The number of halogens is 1. The molecule has 1 N–H and O–H groups in total. The van der Waals surface area contributed by atoms with E-state index in [1.54, 1.807) is 0 Å². The first-order valence-electron chi connectivity index (χ1n) is 5.32. The van der Waals surface area contributed by atoms with Crippen LogP contribution in [-0.2, 0) is 11.3 Å². The molecule has 0 saturated carbocycles. The van der Waals surface area contributed by atoms with Crippen molar-refractivity contribution < 1.29 is 9.90 Å². The summed E-state index contributed by atoms with van der Waals surface area (Å²) in [4.78, 5) is 10.6. The molecule has 0 aliphatic rings. The number of benzene rings is 1. The third-order valence-electron chi connectivity index (χ3n) is 2.43. The quantitative estimate of drug-likeness (QED) is 0.932. The van der Waals surface area contributed by atoms with E-state index < -0.39 is 5.97 Å². The number of rotatable bonds is 4. The van der Waals surface area contributed by atoms with Gasteiger partial charge in [-0.2, -0.15) is 0 Å². The molecule has 7 heteroatoms. The van der Waals surface area contributed by atoms with Crippen LogP contribution < -0.4 is 0 Å². The highest BCUT2D eigenvalue weighted by molar-refractivity contribution is 9.10. The molecule has 1 aromatic carbocycles. The van der Waals surface area contributed by atoms with E-state index in [0.717, 1.165) is 15.6 Å². The van der Waals surface area contributed by atoms with E-state index in [9.17, 15) is 4.79 Å². The van der Waals surface area contributed by atoms with Crippen LogP contribution in [0.3, 0.4) is 0 Å². The second kappa shape index (κ2) is 5.26. The Morgan fingerprint density at radius 3 is 2.94 bits per heavy atom. The molecule has 2 aromatic rings. The molecule has 94 valence electrons. The van der Waals surface area contributed by atoms with Crippen LogP contribution in [-0.4, -0.2) is 31.3 Å². The summed E-state index contributed by atoms with van der Waals surface area (Å²) in [5, 5.41) is 20.0. The Bertz CT molecular complexity index is 582. The number of aromatic nitrogens is 4. The number of aryl methyl sites for hydroxylation is 2. The van der Waals surface area contributed by atoms with Crippen LogP contribution >= 0.6 is 15.9 Å². The predicted octanol–water partition coefficient (Wildman–Crippen LogP) is 1.89. The number of nitrogens with zero attached hydrogens (tertiary/aromatic N) is 4. The van der Waals surface area contributed by atoms with Gasteiger partial charge in [-0.1, -0.05) is 22.0 Å². The Hall–Kier alpha value is -1.76. The maximum Gasteiger partial charge on any atom is 0.305 e. The largest absolute Gasteiger partial charge is 0.481 e. The number of carboxylic acid groups (broad SMARTS) is 1. The molecule has 2 rings (SSSR count). The Morgan fingerprint density at radius 2 is 2.28 bits per heavy atom. The van der Waals surface area contributed by atoms with Gasteiger partial charge < -0.3 is 5.11 Å². The highest BCUT2D eigenvalue weighted by atomic mass is 79.9. The fraction of sp³-hybridized carbons (Fsp3) is 0.273. The van der Waals surface area contributed by atoms with Crippen molar-refractivity contribution in [3.8, 4) is 11.4 Å². The third-order valence-corrected chi connectivity index (χ3v) is 3.09. The zero-order chi connectivity index (χ0) is 13.1. The van der Waals surface area contributed by atoms with Gasteiger partial charge in [0.2, 0.25) is 0 Å². The lowest BCUT2D eigenvalue weighted by atomic mass is 10.1. The van der Waals surface area contributed by atoms with Crippen LogP contribution in [0.5, 0.6) is 0 Å². The van der Waals surface area contributed by atoms with Crippen LogP contribution in [0.2, 0.25) is 0 Å². The molecule has 0 amide bonds. The number of aliphatic carboxylic acids is 1. The van der Waals surface area contributed by atoms with E-state index in [1.165, 1.54) is 4.68 Å². The van der Waals surface area contributed by atoms with Crippen LogP contribution in [0.4, 0.5) is 0 Å². The average Bonchev–Trinajstić information content (AvgIpc) is 2.74. The summed E-state index contributed by atoms with van der Waals surface area (Å²) in [5.41, 5.74) is 1.96.